The lowest BCUT2D eigenvalue weighted by molar-refractivity contribution is 0.0941. The summed E-state index contributed by atoms with van der Waals surface area (Å²) in [4.78, 5) is 24.3. The van der Waals surface area contributed by atoms with Crippen molar-refractivity contribution in [3.05, 3.63) is 64.3 Å². The average molecular weight is 347 g/mol. The fourth-order valence-corrected chi connectivity index (χ4v) is 2.74. The maximum absolute atomic E-state index is 12.6. The standard InChI is InChI=1S/C17H12Cl2N2O2/c1-10(22)21-9-13(12-4-2-3-5-16(12)21)17(23)20-15-8-11(18)6-7-14(15)19/h2-9H,1H3,(H,20,23). The van der Waals surface area contributed by atoms with E-state index in [1.54, 1.807) is 30.3 Å². The molecule has 0 fully saturated rings. The van der Waals surface area contributed by atoms with Gasteiger partial charge in [0.05, 0.1) is 21.8 Å². The van der Waals surface area contributed by atoms with Crippen LogP contribution in [0.3, 0.4) is 0 Å². The first-order chi connectivity index (χ1) is 11.0. The second-order valence-corrected chi connectivity index (χ2v) is 5.87. The molecule has 3 rings (SSSR count). The molecule has 1 aromatic heterocycles. The molecule has 2 aromatic carbocycles. The monoisotopic (exact) mass is 346 g/mol. The van der Waals surface area contributed by atoms with Crippen molar-refractivity contribution in [2.75, 3.05) is 5.32 Å². The molecule has 0 spiro atoms. The molecular formula is C17H12Cl2N2O2. The molecule has 0 bridgehead atoms. The lowest BCUT2D eigenvalue weighted by atomic mass is 10.1. The predicted molar refractivity (Wildman–Crippen MR) is 92.7 cm³/mol. The van der Waals surface area contributed by atoms with Crippen molar-refractivity contribution < 1.29 is 9.59 Å². The Morgan fingerprint density at radius 2 is 1.83 bits per heavy atom. The van der Waals surface area contributed by atoms with Crippen LogP contribution in [0.1, 0.15) is 22.1 Å². The van der Waals surface area contributed by atoms with Gasteiger partial charge in [0.2, 0.25) is 5.91 Å². The van der Waals surface area contributed by atoms with Crippen molar-refractivity contribution in [3.8, 4) is 0 Å². The van der Waals surface area contributed by atoms with Gasteiger partial charge in [0, 0.05) is 23.5 Å². The van der Waals surface area contributed by atoms with Gasteiger partial charge in [-0.05, 0) is 24.3 Å². The summed E-state index contributed by atoms with van der Waals surface area (Å²) in [6.07, 6.45) is 1.53. The largest absolute Gasteiger partial charge is 0.321 e. The Bertz CT molecular complexity index is 931. The van der Waals surface area contributed by atoms with Crippen LogP contribution in [0, 0.1) is 0 Å². The van der Waals surface area contributed by atoms with E-state index in [9.17, 15) is 9.59 Å². The van der Waals surface area contributed by atoms with Gasteiger partial charge in [0.25, 0.3) is 5.91 Å². The second kappa shape index (κ2) is 6.07. The number of halogens is 2. The van der Waals surface area contributed by atoms with Gasteiger partial charge in [0.1, 0.15) is 0 Å². The minimum Gasteiger partial charge on any atom is -0.321 e. The number of fused-ring (bicyclic) bond motifs is 1. The van der Waals surface area contributed by atoms with Crippen LogP contribution in [0.2, 0.25) is 10.0 Å². The van der Waals surface area contributed by atoms with E-state index in [0.29, 0.717) is 32.2 Å². The number of para-hydroxylation sites is 1. The molecule has 23 heavy (non-hydrogen) atoms. The molecule has 116 valence electrons. The van der Waals surface area contributed by atoms with Crippen molar-refractivity contribution in [1.29, 1.82) is 0 Å². The zero-order valence-corrected chi connectivity index (χ0v) is 13.7. The molecule has 0 saturated carbocycles. The Morgan fingerprint density at radius 1 is 1.09 bits per heavy atom. The van der Waals surface area contributed by atoms with Gasteiger partial charge in [0.15, 0.2) is 0 Å². The SMILES string of the molecule is CC(=O)n1cc(C(=O)Nc2cc(Cl)ccc2Cl)c2ccccc21. The highest BCUT2D eigenvalue weighted by Gasteiger charge is 2.17. The molecule has 0 unspecified atom stereocenters. The van der Waals surface area contributed by atoms with Gasteiger partial charge in [-0.25, -0.2) is 0 Å². The first kappa shape index (κ1) is 15.6. The van der Waals surface area contributed by atoms with Crippen LogP contribution in [0.5, 0.6) is 0 Å². The molecule has 1 amide bonds. The van der Waals surface area contributed by atoms with Crippen LogP contribution < -0.4 is 5.32 Å². The molecule has 0 aliphatic rings. The molecule has 1 heterocycles. The van der Waals surface area contributed by atoms with E-state index in [1.807, 2.05) is 12.1 Å². The third kappa shape index (κ3) is 2.96. The van der Waals surface area contributed by atoms with E-state index in [1.165, 1.54) is 17.7 Å². The molecule has 0 atom stereocenters. The Labute approximate surface area is 142 Å². The Kier molecular flexibility index (Phi) is 4.11. The van der Waals surface area contributed by atoms with Crippen LogP contribution in [-0.2, 0) is 0 Å². The number of hydrogen-bond acceptors (Lipinski definition) is 2. The van der Waals surface area contributed by atoms with E-state index in [0.717, 1.165) is 0 Å². The second-order valence-electron chi connectivity index (χ2n) is 5.03. The van der Waals surface area contributed by atoms with E-state index < -0.39 is 0 Å². The number of carbonyl (C=O) groups is 2. The molecule has 0 saturated heterocycles. The summed E-state index contributed by atoms with van der Waals surface area (Å²) < 4.78 is 1.45. The van der Waals surface area contributed by atoms with Gasteiger partial charge in [-0.3, -0.25) is 14.2 Å². The molecular weight excluding hydrogens is 335 g/mol. The molecule has 0 aliphatic carbocycles. The summed E-state index contributed by atoms with van der Waals surface area (Å²) in [5, 5.41) is 4.28. The summed E-state index contributed by atoms with van der Waals surface area (Å²) in [7, 11) is 0. The average Bonchev–Trinajstić information content (AvgIpc) is 2.91. The number of benzene rings is 2. The highest BCUT2D eigenvalue weighted by Crippen LogP contribution is 2.27. The van der Waals surface area contributed by atoms with Crippen LogP contribution in [0.15, 0.2) is 48.7 Å². The maximum atomic E-state index is 12.6. The van der Waals surface area contributed by atoms with Crippen molar-refractivity contribution >= 4 is 51.6 Å². The fraction of sp³-hybridized carbons (Fsp3) is 0.0588. The zero-order valence-electron chi connectivity index (χ0n) is 12.1. The topological polar surface area (TPSA) is 51.1 Å². The van der Waals surface area contributed by atoms with E-state index in [2.05, 4.69) is 5.32 Å². The highest BCUT2D eigenvalue weighted by atomic mass is 35.5. The van der Waals surface area contributed by atoms with Crippen molar-refractivity contribution in [2.45, 2.75) is 6.92 Å². The molecule has 1 N–H and O–H groups in total. The Balaban J connectivity index is 2.05. The number of carbonyl (C=O) groups excluding carboxylic acids is 2. The first-order valence-corrected chi connectivity index (χ1v) is 7.60. The minimum atomic E-state index is -0.356. The summed E-state index contributed by atoms with van der Waals surface area (Å²) in [6, 6.07) is 12.0. The lowest BCUT2D eigenvalue weighted by Crippen LogP contribution is -2.12. The Morgan fingerprint density at radius 3 is 2.57 bits per heavy atom. The summed E-state index contributed by atoms with van der Waals surface area (Å²) in [5.41, 5.74) is 1.50. The van der Waals surface area contributed by atoms with Crippen molar-refractivity contribution in [3.63, 3.8) is 0 Å². The number of nitrogens with zero attached hydrogens (tertiary/aromatic N) is 1. The molecule has 6 heteroatoms. The van der Waals surface area contributed by atoms with Crippen LogP contribution in [-0.4, -0.2) is 16.4 Å². The van der Waals surface area contributed by atoms with Crippen LogP contribution in [0.4, 0.5) is 5.69 Å². The van der Waals surface area contributed by atoms with Crippen molar-refractivity contribution in [2.24, 2.45) is 0 Å². The fourth-order valence-electron chi connectivity index (χ4n) is 2.40. The molecule has 3 aromatic rings. The zero-order chi connectivity index (χ0) is 16.6. The number of anilines is 1. The van der Waals surface area contributed by atoms with Gasteiger partial charge in [-0.1, -0.05) is 41.4 Å². The summed E-state index contributed by atoms with van der Waals surface area (Å²) in [6.45, 7) is 1.45. The number of nitrogens with one attached hydrogen (secondary N) is 1. The first-order valence-electron chi connectivity index (χ1n) is 6.85. The van der Waals surface area contributed by atoms with Gasteiger partial charge in [-0.15, -0.1) is 0 Å². The molecule has 0 radical (unpaired) electrons. The number of aromatic nitrogens is 1. The summed E-state index contributed by atoms with van der Waals surface area (Å²) >= 11 is 12.0. The maximum Gasteiger partial charge on any atom is 0.257 e. The Hall–Kier alpha value is -2.30. The van der Waals surface area contributed by atoms with Gasteiger partial charge >= 0.3 is 0 Å². The van der Waals surface area contributed by atoms with Gasteiger partial charge in [-0.2, -0.15) is 0 Å². The summed E-state index contributed by atoms with van der Waals surface area (Å²) in [5.74, 6) is -0.522. The van der Waals surface area contributed by atoms with E-state index >= 15 is 0 Å². The molecule has 4 nitrogen and oxygen atoms in total. The smallest absolute Gasteiger partial charge is 0.257 e. The predicted octanol–water partition coefficient (Wildman–Crippen LogP) is 4.86. The van der Waals surface area contributed by atoms with Crippen LogP contribution >= 0.6 is 23.2 Å². The lowest BCUT2D eigenvalue weighted by Gasteiger charge is -2.07. The highest BCUT2D eigenvalue weighted by molar-refractivity contribution is 6.36. The van der Waals surface area contributed by atoms with Crippen molar-refractivity contribution in [1.82, 2.24) is 4.57 Å². The van der Waals surface area contributed by atoms with Gasteiger partial charge < -0.3 is 5.32 Å². The normalized spacial score (nSPS) is 10.7. The third-order valence-corrected chi connectivity index (χ3v) is 4.04. The van der Waals surface area contributed by atoms with Crippen LogP contribution in [0.25, 0.3) is 10.9 Å². The van der Waals surface area contributed by atoms with E-state index in [-0.39, 0.29) is 11.8 Å². The number of amides is 1. The van der Waals surface area contributed by atoms with E-state index in [4.69, 9.17) is 23.2 Å². The third-order valence-electron chi connectivity index (χ3n) is 3.47. The quantitative estimate of drug-likeness (QED) is 0.720. The molecule has 0 aliphatic heterocycles. The number of hydrogen-bond donors (Lipinski definition) is 1. The minimum absolute atomic E-state index is 0.166. The number of rotatable bonds is 2.